The Morgan fingerprint density at radius 1 is 0.974 bits per heavy atom. The second kappa shape index (κ2) is 17.9. The van der Waals surface area contributed by atoms with Crippen LogP contribution >= 0.6 is 8.25 Å². The SMILES string of the molecule is O=C(O)CCCCCCCCCCCCCCCOC1=C(CO)O[C@@H](n2ccc(=O)[nH]c2=O)C1O[P+](=O)O. The summed E-state index contributed by atoms with van der Waals surface area (Å²) in [7, 11) is -3.07. The van der Waals surface area contributed by atoms with E-state index in [4.69, 9.17) is 19.1 Å². The number of nitrogens with one attached hydrogen (secondary N) is 1. The number of aliphatic carboxylic acids is 1. The number of carboxylic acids is 1. The first kappa shape index (κ1) is 31.7. The average molecular weight is 560 g/mol. The fourth-order valence-electron chi connectivity index (χ4n) is 4.36. The maximum atomic E-state index is 12.2. The number of H-pyrrole nitrogens is 1. The van der Waals surface area contributed by atoms with Crippen molar-refractivity contribution in [2.24, 2.45) is 0 Å². The Balaban J connectivity index is 1.63. The van der Waals surface area contributed by atoms with Gasteiger partial charge in [0.05, 0.1) is 6.61 Å². The number of carboxylic acid groups (broad SMARTS) is 1. The predicted molar refractivity (Wildman–Crippen MR) is 138 cm³/mol. The summed E-state index contributed by atoms with van der Waals surface area (Å²) in [5.74, 6) is -0.670. The van der Waals surface area contributed by atoms with Crippen molar-refractivity contribution in [1.82, 2.24) is 9.55 Å². The smallest absolute Gasteiger partial charge is 0.491 e. The van der Waals surface area contributed by atoms with E-state index in [-0.39, 0.29) is 24.5 Å². The Kier molecular flexibility index (Phi) is 14.9. The molecule has 3 atom stereocenters. The zero-order valence-corrected chi connectivity index (χ0v) is 22.6. The molecule has 2 heterocycles. The zero-order valence-electron chi connectivity index (χ0n) is 21.7. The number of hydrogen-bond acceptors (Lipinski definition) is 8. The van der Waals surface area contributed by atoms with Crippen LogP contribution in [-0.4, -0.2) is 49.9 Å². The summed E-state index contributed by atoms with van der Waals surface area (Å²) in [5.41, 5.74) is -1.40. The van der Waals surface area contributed by atoms with Gasteiger partial charge in [-0.1, -0.05) is 70.6 Å². The van der Waals surface area contributed by atoms with Crippen molar-refractivity contribution in [2.45, 2.75) is 102 Å². The van der Waals surface area contributed by atoms with Crippen LogP contribution in [0, 0.1) is 0 Å². The van der Waals surface area contributed by atoms with E-state index < -0.39 is 44.4 Å². The number of aliphatic hydroxyl groups excluding tert-OH is 1. The van der Waals surface area contributed by atoms with E-state index in [1.54, 1.807) is 0 Å². The van der Waals surface area contributed by atoms with Gasteiger partial charge in [-0.25, -0.2) is 4.79 Å². The maximum Gasteiger partial charge on any atom is 0.695 e. The molecule has 0 aliphatic carbocycles. The molecule has 0 amide bonds. The first-order chi connectivity index (χ1) is 18.3. The molecular formula is C25H40N2O10P+. The number of ether oxygens (including phenoxy) is 2. The first-order valence-corrected chi connectivity index (χ1v) is 14.5. The van der Waals surface area contributed by atoms with Gasteiger partial charge in [0.15, 0.2) is 11.5 Å². The van der Waals surface area contributed by atoms with Gasteiger partial charge in [-0.3, -0.25) is 19.1 Å². The fourth-order valence-corrected chi connectivity index (χ4v) is 4.76. The number of nitrogens with zero attached hydrogens (tertiary/aromatic N) is 1. The van der Waals surface area contributed by atoms with Crippen molar-refractivity contribution >= 4 is 14.2 Å². The van der Waals surface area contributed by atoms with E-state index in [0.717, 1.165) is 55.6 Å². The third-order valence-corrected chi connectivity index (χ3v) is 6.73. The summed E-state index contributed by atoms with van der Waals surface area (Å²) >= 11 is 0. The normalized spacial score (nSPS) is 17.5. The molecule has 0 bridgehead atoms. The van der Waals surface area contributed by atoms with Crippen molar-refractivity contribution in [3.8, 4) is 0 Å². The summed E-state index contributed by atoms with van der Waals surface area (Å²) in [6.45, 7) is -0.277. The molecule has 12 nitrogen and oxygen atoms in total. The minimum Gasteiger partial charge on any atom is -0.491 e. The molecule has 0 fully saturated rings. The molecule has 0 spiro atoms. The van der Waals surface area contributed by atoms with Crippen LogP contribution < -0.4 is 11.2 Å². The molecule has 1 aromatic heterocycles. The Morgan fingerprint density at radius 2 is 1.53 bits per heavy atom. The van der Waals surface area contributed by atoms with Crippen LogP contribution in [0.4, 0.5) is 0 Å². The summed E-state index contributed by atoms with van der Waals surface area (Å²) in [5, 5.41) is 18.3. The van der Waals surface area contributed by atoms with Crippen molar-refractivity contribution in [3.63, 3.8) is 0 Å². The van der Waals surface area contributed by atoms with Crippen LogP contribution in [0.15, 0.2) is 33.4 Å². The maximum absolute atomic E-state index is 12.2. The van der Waals surface area contributed by atoms with Crippen LogP contribution in [0.25, 0.3) is 0 Å². The van der Waals surface area contributed by atoms with Crippen molar-refractivity contribution < 1.29 is 38.5 Å². The van der Waals surface area contributed by atoms with E-state index >= 15 is 0 Å². The van der Waals surface area contributed by atoms with Gasteiger partial charge in [-0.15, -0.1) is 9.42 Å². The van der Waals surface area contributed by atoms with E-state index in [0.29, 0.717) is 0 Å². The van der Waals surface area contributed by atoms with E-state index in [9.17, 15) is 28.9 Å². The quantitative estimate of drug-likeness (QED) is 0.128. The predicted octanol–water partition coefficient (Wildman–Crippen LogP) is 3.87. The highest BCUT2D eigenvalue weighted by atomic mass is 31.1. The lowest BCUT2D eigenvalue weighted by atomic mass is 10.0. The largest absolute Gasteiger partial charge is 0.695 e. The van der Waals surface area contributed by atoms with Gasteiger partial charge in [0.2, 0.25) is 12.3 Å². The lowest BCUT2D eigenvalue weighted by Crippen LogP contribution is -2.36. The lowest BCUT2D eigenvalue weighted by Gasteiger charge is -2.18. The fraction of sp³-hybridized carbons (Fsp3) is 0.720. The number of aromatic amines is 1. The Hall–Kier alpha value is -2.53. The van der Waals surface area contributed by atoms with Gasteiger partial charge >= 0.3 is 19.9 Å². The van der Waals surface area contributed by atoms with Crippen LogP contribution in [0.5, 0.6) is 0 Å². The van der Waals surface area contributed by atoms with E-state index in [2.05, 4.69) is 4.98 Å². The molecule has 38 heavy (non-hydrogen) atoms. The van der Waals surface area contributed by atoms with E-state index in [1.807, 2.05) is 0 Å². The highest BCUT2D eigenvalue weighted by Crippen LogP contribution is 2.39. The minimum absolute atomic E-state index is 0.00443. The molecule has 2 rings (SSSR count). The van der Waals surface area contributed by atoms with Gasteiger partial charge in [-0.05, 0) is 12.8 Å². The second-order valence-electron chi connectivity index (χ2n) is 9.32. The number of aromatic nitrogens is 2. The monoisotopic (exact) mass is 559 g/mol. The summed E-state index contributed by atoms with van der Waals surface area (Å²) in [4.78, 5) is 45.4. The van der Waals surface area contributed by atoms with Crippen molar-refractivity contribution in [1.29, 1.82) is 0 Å². The van der Waals surface area contributed by atoms with Gasteiger partial charge < -0.3 is 19.7 Å². The molecule has 13 heteroatoms. The zero-order chi connectivity index (χ0) is 27.8. The Labute approximate surface area is 222 Å². The summed E-state index contributed by atoms with van der Waals surface area (Å²) in [6.07, 6.45) is 12.8. The van der Waals surface area contributed by atoms with Crippen LogP contribution in [0.2, 0.25) is 0 Å². The molecule has 1 aliphatic heterocycles. The Bertz CT molecular complexity index is 1020. The number of carbonyl (C=O) groups is 1. The van der Waals surface area contributed by atoms with Gasteiger partial charge in [-0.2, -0.15) is 0 Å². The molecule has 214 valence electrons. The second-order valence-corrected chi connectivity index (χ2v) is 10.0. The molecule has 1 aromatic rings. The lowest BCUT2D eigenvalue weighted by molar-refractivity contribution is -0.137. The number of aliphatic hydroxyl groups is 1. The summed E-state index contributed by atoms with van der Waals surface area (Å²) < 4.78 is 28.8. The number of hydrogen-bond donors (Lipinski definition) is 4. The van der Waals surface area contributed by atoms with Gasteiger partial charge in [0.25, 0.3) is 5.56 Å². The average Bonchev–Trinajstić information content (AvgIpc) is 3.19. The third kappa shape index (κ3) is 11.5. The highest BCUT2D eigenvalue weighted by Gasteiger charge is 2.46. The van der Waals surface area contributed by atoms with Gasteiger partial charge in [0.1, 0.15) is 6.61 Å². The molecule has 0 aromatic carbocycles. The standard InChI is InChI=1S/C25H39N2O10P/c28-18-19-22(23(37-38(33)34)24(36-19)27-16-15-20(29)26-25(27)32)35-17-13-11-9-7-5-3-1-2-4-6-8-10-12-14-21(30)31/h15-16,23-24,28H,1-14,17-18H2,(H2-,26,29,30,31,32,33,34)/p+1/t23?,24-/m1/s1. The van der Waals surface area contributed by atoms with E-state index in [1.165, 1.54) is 44.7 Å². The number of rotatable bonds is 21. The number of unbranched alkanes of at least 4 members (excludes halogenated alkanes) is 12. The van der Waals surface area contributed by atoms with Crippen LogP contribution in [0.1, 0.15) is 96.1 Å². The molecular weight excluding hydrogens is 519 g/mol. The molecule has 2 unspecified atom stereocenters. The van der Waals surface area contributed by atoms with Crippen molar-refractivity contribution in [3.05, 3.63) is 44.6 Å². The minimum atomic E-state index is -3.07. The Morgan fingerprint density at radius 3 is 2.03 bits per heavy atom. The van der Waals surface area contributed by atoms with Crippen LogP contribution in [0.3, 0.4) is 0 Å². The third-order valence-electron chi connectivity index (χ3n) is 6.32. The molecule has 1 aliphatic rings. The molecule has 4 N–H and O–H groups in total. The van der Waals surface area contributed by atoms with Crippen LogP contribution in [-0.2, 0) is 23.4 Å². The molecule has 0 saturated heterocycles. The molecule has 0 saturated carbocycles. The van der Waals surface area contributed by atoms with Gasteiger partial charge in [0, 0.05) is 23.2 Å². The van der Waals surface area contributed by atoms with Crippen molar-refractivity contribution in [2.75, 3.05) is 13.2 Å². The topological polar surface area (TPSA) is 177 Å². The first-order valence-electron chi connectivity index (χ1n) is 13.3. The summed E-state index contributed by atoms with van der Waals surface area (Å²) in [6, 6.07) is 1.10. The highest BCUT2D eigenvalue weighted by molar-refractivity contribution is 7.32. The molecule has 0 radical (unpaired) electrons.